The third kappa shape index (κ3) is 3.88. The molecule has 0 bridgehead atoms. The van der Waals surface area contributed by atoms with Gasteiger partial charge in [0.25, 0.3) is 5.60 Å². The standard InChI is InChI=1S/C15H16F6N2O3/c16-14(17,18)13(26,15(19,20)21)11-3-1-10(2-4-11)9-22-5-7-23(8-6-22)12(24)25/h1-4,26H,5-9H2,(H,24,25). The van der Waals surface area contributed by atoms with Gasteiger partial charge >= 0.3 is 18.4 Å². The van der Waals surface area contributed by atoms with Crippen molar-refractivity contribution >= 4 is 6.09 Å². The normalized spacial score (nSPS) is 17.4. The van der Waals surface area contributed by atoms with Crippen LogP contribution in [0.2, 0.25) is 0 Å². The van der Waals surface area contributed by atoms with E-state index in [1.54, 1.807) is 0 Å². The van der Waals surface area contributed by atoms with Crippen LogP contribution in [0.1, 0.15) is 11.1 Å². The van der Waals surface area contributed by atoms with Crippen molar-refractivity contribution in [1.82, 2.24) is 9.80 Å². The Hall–Kier alpha value is -2.01. The third-order valence-electron chi connectivity index (χ3n) is 4.24. The van der Waals surface area contributed by atoms with E-state index in [-0.39, 0.29) is 19.6 Å². The van der Waals surface area contributed by atoms with E-state index in [0.29, 0.717) is 30.8 Å². The van der Waals surface area contributed by atoms with Crippen LogP contribution in [0.3, 0.4) is 0 Å². The summed E-state index contributed by atoms with van der Waals surface area (Å²) in [4.78, 5) is 13.9. The van der Waals surface area contributed by atoms with Crippen LogP contribution < -0.4 is 0 Å². The number of benzene rings is 1. The monoisotopic (exact) mass is 386 g/mol. The summed E-state index contributed by atoms with van der Waals surface area (Å²) in [6, 6.07) is 3.37. The quantitative estimate of drug-likeness (QED) is 0.785. The van der Waals surface area contributed by atoms with Crippen LogP contribution in [0.4, 0.5) is 31.1 Å². The highest BCUT2D eigenvalue weighted by Gasteiger charge is 2.71. The molecule has 1 heterocycles. The molecule has 1 aromatic carbocycles. The van der Waals surface area contributed by atoms with E-state index in [1.807, 2.05) is 4.90 Å². The zero-order chi connectivity index (χ0) is 19.8. The molecule has 0 atom stereocenters. The first-order chi connectivity index (χ1) is 11.9. The number of rotatable bonds is 3. The molecule has 2 rings (SSSR count). The average molecular weight is 386 g/mol. The molecule has 1 aliphatic rings. The fraction of sp³-hybridized carbons (Fsp3) is 0.533. The summed E-state index contributed by atoms with van der Waals surface area (Å²) in [6.45, 7) is 1.54. The molecule has 2 N–H and O–H groups in total. The fourth-order valence-corrected chi connectivity index (χ4v) is 2.69. The Bertz CT molecular complexity index is 622. The Morgan fingerprint density at radius 3 is 1.77 bits per heavy atom. The minimum atomic E-state index is -5.92. The minimum Gasteiger partial charge on any atom is -0.465 e. The highest BCUT2D eigenvalue weighted by atomic mass is 19.4. The molecule has 1 saturated heterocycles. The van der Waals surface area contributed by atoms with Crippen LogP contribution in [0.5, 0.6) is 0 Å². The Morgan fingerprint density at radius 2 is 1.38 bits per heavy atom. The summed E-state index contributed by atoms with van der Waals surface area (Å²) in [7, 11) is 0. The molecule has 1 amide bonds. The van der Waals surface area contributed by atoms with Crippen molar-refractivity contribution in [3.8, 4) is 0 Å². The number of hydrogen-bond acceptors (Lipinski definition) is 3. The van der Waals surface area contributed by atoms with E-state index in [2.05, 4.69) is 0 Å². The third-order valence-corrected chi connectivity index (χ3v) is 4.24. The number of carbonyl (C=O) groups is 1. The predicted octanol–water partition coefficient (Wildman–Crippen LogP) is 2.79. The molecule has 1 aliphatic heterocycles. The largest absolute Gasteiger partial charge is 0.465 e. The van der Waals surface area contributed by atoms with Crippen molar-refractivity contribution in [2.24, 2.45) is 0 Å². The molecule has 0 radical (unpaired) electrons. The second-order valence-corrected chi connectivity index (χ2v) is 5.95. The van der Waals surface area contributed by atoms with E-state index < -0.39 is 29.6 Å². The number of piperazine rings is 1. The lowest BCUT2D eigenvalue weighted by atomic mass is 9.91. The molecule has 0 spiro atoms. The van der Waals surface area contributed by atoms with E-state index in [0.717, 1.165) is 12.1 Å². The van der Waals surface area contributed by atoms with Crippen LogP contribution >= 0.6 is 0 Å². The van der Waals surface area contributed by atoms with Crippen molar-refractivity contribution in [3.05, 3.63) is 35.4 Å². The molecule has 0 unspecified atom stereocenters. The lowest BCUT2D eigenvalue weighted by molar-refractivity contribution is -0.376. The molecule has 1 aromatic rings. The van der Waals surface area contributed by atoms with Gasteiger partial charge in [0.1, 0.15) is 0 Å². The van der Waals surface area contributed by atoms with Crippen molar-refractivity contribution in [2.75, 3.05) is 26.2 Å². The average Bonchev–Trinajstić information content (AvgIpc) is 2.53. The van der Waals surface area contributed by atoms with Gasteiger partial charge < -0.3 is 15.1 Å². The molecule has 146 valence electrons. The van der Waals surface area contributed by atoms with Crippen molar-refractivity contribution < 1.29 is 41.4 Å². The van der Waals surface area contributed by atoms with Crippen LogP contribution in [0.15, 0.2) is 24.3 Å². The first-order valence-corrected chi connectivity index (χ1v) is 7.51. The van der Waals surface area contributed by atoms with Gasteiger partial charge in [-0.2, -0.15) is 26.3 Å². The Kier molecular flexibility index (Phi) is 5.43. The van der Waals surface area contributed by atoms with Gasteiger partial charge in [0.2, 0.25) is 0 Å². The van der Waals surface area contributed by atoms with Gasteiger partial charge in [0.05, 0.1) is 0 Å². The lowest BCUT2D eigenvalue weighted by Gasteiger charge is -2.34. The molecule has 0 aromatic heterocycles. The summed E-state index contributed by atoms with van der Waals surface area (Å²) in [5.74, 6) is 0. The maximum absolute atomic E-state index is 12.8. The molecule has 0 aliphatic carbocycles. The van der Waals surface area contributed by atoms with Gasteiger partial charge in [-0.15, -0.1) is 0 Å². The van der Waals surface area contributed by atoms with Crippen molar-refractivity contribution in [2.45, 2.75) is 24.5 Å². The molecule has 11 heteroatoms. The SMILES string of the molecule is O=C(O)N1CCN(Cc2ccc(C(O)(C(F)(F)F)C(F)(F)F)cc2)CC1. The van der Waals surface area contributed by atoms with Gasteiger partial charge in [-0.05, 0) is 5.56 Å². The van der Waals surface area contributed by atoms with Gasteiger partial charge in [-0.3, -0.25) is 4.90 Å². The highest BCUT2D eigenvalue weighted by Crippen LogP contribution is 2.49. The van der Waals surface area contributed by atoms with Gasteiger partial charge in [-0.25, -0.2) is 4.79 Å². The van der Waals surface area contributed by atoms with E-state index in [9.17, 15) is 36.2 Å². The van der Waals surface area contributed by atoms with E-state index in [1.165, 1.54) is 4.90 Å². The number of aliphatic hydroxyl groups is 1. The van der Waals surface area contributed by atoms with Crippen LogP contribution in [-0.4, -0.2) is 64.6 Å². The zero-order valence-corrected chi connectivity index (χ0v) is 13.3. The summed E-state index contributed by atoms with van der Waals surface area (Å²) in [6.07, 6.45) is -12.9. The first-order valence-electron chi connectivity index (χ1n) is 7.51. The molecular formula is C15H16F6N2O3. The number of alkyl halides is 6. The van der Waals surface area contributed by atoms with Crippen LogP contribution in [0, 0.1) is 0 Å². The maximum atomic E-state index is 12.8. The molecule has 5 nitrogen and oxygen atoms in total. The first kappa shape index (κ1) is 20.3. The topological polar surface area (TPSA) is 64.0 Å². The van der Waals surface area contributed by atoms with Crippen LogP contribution in [0.25, 0.3) is 0 Å². The smallest absolute Gasteiger partial charge is 0.430 e. The summed E-state index contributed by atoms with van der Waals surface area (Å²) in [5, 5.41) is 18.2. The zero-order valence-electron chi connectivity index (χ0n) is 13.3. The van der Waals surface area contributed by atoms with Gasteiger partial charge in [-0.1, -0.05) is 24.3 Å². The molecular weight excluding hydrogens is 370 g/mol. The number of carboxylic acid groups (broad SMARTS) is 1. The second-order valence-electron chi connectivity index (χ2n) is 5.95. The van der Waals surface area contributed by atoms with Crippen molar-refractivity contribution in [3.63, 3.8) is 0 Å². The molecule has 0 saturated carbocycles. The Balaban J connectivity index is 2.12. The van der Waals surface area contributed by atoms with E-state index in [4.69, 9.17) is 5.11 Å². The lowest BCUT2D eigenvalue weighted by Crippen LogP contribution is -2.53. The number of nitrogens with zero attached hydrogens (tertiary/aromatic N) is 2. The fourth-order valence-electron chi connectivity index (χ4n) is 2.69. The van der Waals surface area contributed by atoms with Crippen LogP contribution in [-0.2, 0) is 12.1 Å². The number of hydrogen-bond donors (Lipinski definition) is 2. The Labute approximate surface area is 144 Å². The summed E-state index contributed by atoms with van der Waals surface area (Å²) in [5.41, 5.74) is -5.80. The Morgan fingerprint density at radius 1 is 0.923 bits per heavy atom. The number of halogens is 6. The van der Waals surface area contributed by atoms with E-state index >= 15 is 0 Å². The maximum Gasteiger partial charge on any atom is 0.430 e. The van der Waals surface area contributed by atoms with Crippen molar-refractivity contribution in [1.29, 1.82) is 0 Å². The molecule has 1 fully saturated rings. The number of amides is 1. The predicted molar refractivity (Wildman–Crippen MR) is 77.3 cm³/mol. The van der Waals surface area contributed by atoms with Gasteiger partial charge in [0, 0.05) is 38.3 Å². The summed E-state index contributed by atoms with van der Waals surface area (Å²) >= 11 is 0. The highest BCUT2D eigenvalue weighted by molar-refractivity contribution is 5.65. The van der Waals surface area contributed by atoms with Gasteiger partial charge in [0.15, 0.2) is 0 Å². The summed E-state index contributed by atoms with van der Waals surface area (Å²) < 4.78 is 77.0. The molecule has 26 heavy (non-hydrogen) atoms. The second kappa shape index (κ2) is 6.95. The minimum absolute atomic E-state index is 0.240.